The van der Waals surface area contributed by atoms with Gasteiger partial charge in [-0.25, -0.2) is 0 Å². The lowest BCUT2D eigenvalue weighted by Gasteiger charge is -2.35. The molecule has 0 unspecified atom stereocenters. The van der Waals surface area contributed by atoms with Crippen LogP contribution in [0.1, 0.15) is 19.4 Å². The van der Waals surface area contributed by atoms with E-state index < -0.39 is 4.92 Å². The number of hydrogen-bond acceptors (Lipinski definition) is 6. The summed E-state index contributed by atoms with van der Waals surface area (Å²) in [5.41, 5.74) is 0.906. The van der Waals surface area contributed by atoms with Crippen molar-refractivity contribution in [3.05, 3.63) is 33.9 Å². The number of benzene rings is 1. The third-order valence-corrected chi connectivity index (χ3v) is 3.84. The van der Waals surface area contributed by atoms with Gasteiger partial charge in [-0.05, 0) is 32.4 Å². The lowest BCUT2D eigenvalue weighted by molar-refractivity contribution is -0.385. The van der Waals surface area contributed by atoms with E-state index >= 15 is 0 Å². The van der Waals surface area contributed by atoms with Gasteiger partial charge in [-0.2, -0.15) is 0 Å². The standard InChI is InChI=1S/C17H26N2O5/c1-13-4-5-16(19(20)21)17(10-13)23-9-8-22-7-6-18-11-14(2)24-15(3)12-18/h4-5,10,14-15H,6-9,11-12H2,1-3H3/t14-,15+. The van der Waals surface area contributed by atoms with Gasteiger partial charge in [0.05, 0.1) is 30.3 Å². The van der Waals surface area contributed by atoms with E-state index in [-0.39, 0.29) is 17.9 Å². The molecule has 2 atom stereocenters. The zero-order chi connectivity index (χ0) is 17.5. The maximum Gasteiger partial charge on any atom is 0.310 e. The molecule has 1 aromatic rings. The first-order chi connectivity index (χ1) is 11.5. The van der Waals surface area contributed by atoms with E-state index in [1.165, 1.54) is 6.07 Å². The summed E-state index contributed by atoms with van der Waals surface area (Å²) in [5, 5.41) is 11.0. The van der Waals surface area contributed by atoms with Gasteiger partial charge in [-0.1, -0.05) is 6.07 Å². The number of nitro benzene ring substituents is 1. The molecular formula is C17H26N2O5. The van der Waals surface area contributed by atoms with Crippen molar-refractivity contribution in [2.24, 2.45) is 0 Å². The van der Waals surface area contributed by atoms with Crippen LogP contribution in [-0.4, -0.2) is 61.5 Å². The lowest BCUT2D eigenvalue weighted by atomic mass is 10.2. The Balaban J connectivity index is 1.67. The van der Waals surface area contributed by atoms with E-state index in [2.05, 4.69) is 18.7 Å². The molecular weight excluding hydrogens is 312 g/mol. The Bertz CT molecular complexity index is 542. The van der Waals surface area contributed by atoms with Crippen molar-refractivity contribution < 1.29 is 19.1 Å². The number of nitro groups is 1. The van der Waals surface area contributed by atoms with E-state index in [0.29, 0.717) is 25.6 Å². The molecule has 1 heterocycles. The normalized spacial score (nSPS) is 21.6. The molecule has 0 spiro atoms. The number of aryl methyl sites for hydroxylation is 1. The Labute approximate surface area is 142 Å². The third kappa shape index (κ3) is 5.74. The first kappa shape index (κ1) is 18.6. The second-order valence-electron chi connectivity index (χ2n) is 6.21. The van der Waals surface area contributed by atoms with Crippen molar-refractivity contribution in [3.8, 4) is 5.75 Å². The molecule has 0 aliphatic carbocycles. The number of nitrogens with zero attached hydrogens (tertiary/aromatic N) is 2. The summed E-state index contributed by atoms with van der Waals surface area (Å²) in [6.07, 6.45) is 0.498. The van der Waals surface area contributed by atoms with Crippen LogP contribution in [0.25, 0.3) is 0 Å². The highest BCUT2D eigenvalue weighted by atomic mass is 16.6. The van der Waals surface area contributed by atoms with E-state index in [1.807, 2.05) is 6.92 Å². The molecule has 1 saturated heterocycles. The second kappa shape index (κ2) is 8.96. The highest BCUT2D eigenvalue weighted by Crippen LogP contribution is 2.27. The van der Waals surface area contributed by atoms with Crippen molar-refractivity contribution in [2.75, 3.05) is 39.5 Å². The zero-order valence-corrected chi connectivity index (χ0v) is 14.6. The molecule has 0 aromatic heterocycles. The molecule has 1 aromatic carbocycles. The van der Waals surface area contributed by atoms with Crippen molar-refractivity contribution in [2.45, 2.75) is 33.0 Å². The largest absolute Gasteiger partial charge is 0.484 e. The molecule has 134 valence electrons. The maximum atomic E-state index is 11.0. The highest BCUT2D eigenvalue weighted by molar-refractivity contribution is 5.48. The van der Waals surface area contributed by atoms with Crippen LogP contribution in [-0.2, 0) is 9.47 Å². The highest BCUT2D eigenvalue weighted by Gasteiger charge is 2.21. The van der Waals surface area contributed by atoms with Crippen LogP contribution in [0.15, 0.2) is 18.2 Å². The molecule has 1 fully saturated rings. The molecule has 0 saturated carbocycles. The molecule has 0 N–H and O–H groups in total. The summed E-state index contributed by atoms with van der Waals surface area (Å²) in [7, 11) is 0. The number of morpholine rings is 1. The number of ether oxygens (including phenoxy) is 3. The fraction of sp³-hybridized carbons (Fsp3) is 0.647. The fourth-order valence-corrected chi connectivity index (χ4v) is 2.86. The van der Waals surface area contributed by atoms with Gasteiger partial charge >= 0.3 is 5.69 Å². The van der Waals surface area contributed by atoms with Crippen LogP contribution in [0.5, 0.6) is 5.75 Å². The smallest absolute Gasteiger partial charge is 0.310 e. The molecule has 0 amide bonds. The summed E-state index contributed by atoms with van der Waals surface area (Å²) < 4.78 is 16.8. The van der Waals surface area contributed by atoms with Gasteiger partial charge in [0.2, 0.25) is 0 Å². The molecule has 7 heteroatoms. The van der Waals surface area contributed by atoms with Crippen LogP contribution in [0, 0.1) is 17.0 Å². The predicted molar refractivity (Wildman–Crippen MR) is 90.6 cm³/mol. The van der Waals surface area contributed by atoms with Crippen LogP contribution >= 0.6 is 0 Å². The quantitative estimate of drug-likeness (QED) is 0.412. The average molecular weight is 338 g/mol. The molecule has 2 rings (SSSR count). The van der Waals surface area contributed by atoms with Gasteiger partial charge in [-0.15, -0.1) is 0 Å². The first-order valence-corrected chi connectivity index (χ1v) is 8.29. The summed E-state index contributed by atoms with van der Waals surface area (Å²) in [5.74, 6) is 0.291. The van der Waals surface area contributed by atoms with E-state index in [0.717, 1.165) is 25.2 Å². The summed E-state index contributed by atoms with van der Waals surface area (Å²) in [6.45, 7) is 10.0. The van der Waals surface area contributed by atoms with E-state index in [4.69, 9.17) is 14.2 Å². The van der Waals surface area contributed by atoms with Gasteiger partial charge in [0.15, 0.2) is 5.75 Å². The Morgan fingerprint density at radius 3 is 2.62 bits per heavy atom. The Morgan fingerprint density at radius 1 is 1.25 bits per heavy atom. The van der Waals surface area contributed by atoms with E-state index in [1.54, 1.807) is 12.1 Å². The van der Waals surface area contributed by atoms with Crippen molar-refractivity contribution >= 4 is 5.69 Å². The first-order valence-electron chi connectivity index (χ1n) is 8.29. The zero-order valence-electron chi connectivity index (χ0n) is 14.6. The second-order valence-corrected chi connectivity index (χ2v) is 6.21. The van der Waals surface area contributed by atoms with Crippen LogP contribution in [0.4, 0.5) is 5.69 Å². The molecule has 1 aliphatic heterocycles. The van der Waals surface area contributed by atoms with Crippen LogP contribution in [0.2, 0.25) is 0 Å². The fourth-order valence-electron chi connectivity index (χ4n) is 2.86. The van der Waals surface area contributed by atoms with Gasteiger partial charge in [0.25, 0.3) is 0 Å². The minimum atomic E-state index is -0.434. The maximum absolute atomic E-state index is 11.0. The molecule has 7 nitrogen and oxygen atoms in total. The Hall–Kier alpha value is -1.70. The number of rotatable bonds is 8. The van der Waals surface area contributed by atoms with Gasteiger partial charge in [-0.3, -0.25) is 15.0 Å². The topological polar surface area (TPSA) is 74.1 Å². The number of hydrogen-bond donors (Lipinski definition) is 0. The Morgan fingerprint density at radius 2 is 1.96 bits per heavy atom. The van der Waals surface area contributed by atoms with E-state index in [9.17, 15) is 10.1 Å². The van der Waals surface area contributed by atoms with Crippen molar-refractivity contribution in [1.29, 1.82) is 0 Å². The minimum Gasteiger partial charge on any atom is -0.484 e. The van der Waals surface area contributed by atoms with Gasteiger partial charge in [0.1, 0.15) is 6.61 Å². The SMILES string of the molecule is Cc1ccc([N+](=O)[O-])c(OCCOCCN2C[C@@H](C)O[C@@H](C)C2)c1. The monoisotopic (exact) mass is 338 g/mol. The van der Waals surface area contributed by atoms with Crippen LogP contribution in [0.3, 0.4) is 0 Å². The van der Waals surface area contributed by atoms with Crippen molar-refractivity contribution in [1.82, 2.24) is 4.90 Å². The Kier molecular flexibility index (Phi) is 6.96. The third-order valence-electron chi connectivity index (χ3n) is 3.84. The molecule has 1 aliphatic rings. The molecule has 24 heavy (non-hydrogen) atoms. The van der Waals surface area contributed by atoms with Gasteiger partial charge < -0.3 is 14.2 Å². The van der Waals surface area contributed by atoms with Crippen LogP contribution < -0.4 is 4.74 Å². The molecule has 0 radical (unpaired) electrons. The summed E-state index contributed by atoms with van der Waals surface area (Å²) >= 11 is 0. The lowest BCUT2D eigenvalue weighted by Crippen LogP contribution is -2.46. The molecule has 0 bridgehead atoms. The van der Waals surface area contributed by atoms with Crippen molar-refractivity contribution in [3.63, 3.8) is 0 Å². The summed E-state index contributed by atoms with van der Waals surface area (Å²) in [6, 6.07) is 4.84. The predicted octanol–water partition coefficient (Wildman–Crippen LogP) is 2.41. The summed E-state index contributed by atoms with van der Waals surface area (Å²) in [4.78, 5) is 12.9. The van der Waals surface area contributed by atoms with Gasteiger partial charge in [0, 0.05) is 25.7 Å². The average Bonchev–Trinajstić information content (AvgIpc) is 2.49. The minimum absolute atomic E-state index is 0.0168.